The molecule has 2 fully saturated rings. The van der Waals surface area contributed by atoms with Crippen LogP contribution in [0.4, 0.5) is 0 Å². The third-order valence-corrected chi connectivity index (χ3v) is 7.72. The molecule has 2 N–H and O–H groups in total. The minimum Gasteiger partial charge on any atom is -0.507 e. The van der Waals surface area contributed by atoms with Gasteiger partial charge in [0.05, 0.1) is 31.9 Å². The predicted molar refractivity (Wildman–Crippen MR) is 157 cm³/mol. The zero-order valence-corrected chi connectivity index (χ0v) is 23.9. The number of phenolic OH excluding ortho intramolecular Hbond substituents is 1. The number of rotatable bonds is 10. The first-order valence-electron chi connectivity index (χ1n) is 14.1. The summed E-state index contributed by atoms with van der Waals surface area (Å²) < 4.78 is 16.7. The van der Waals surface area contributed by atoms with E-state index in [0.29, 0.717) is 49.7 Å². The van der Waals surface area contributed by atoms with Crippen LogP contribution in [0.2, 0.25) is 0 Å². The van der Waals surface area contributed by atoms with Crippen molar-refractivity contribution in [1.29, 1.82) is 0 Å². The quantitative estimate of drug-likeness (QED) is 0.209. The number of amides is 1. The van der Waals surface area contributed by atoms with E-state index < -0.39 is 17.7 Å². The molecule has 0 spiro atoms. The zero-order chi connectivity index (χ0) is 29.6. The smallest absolute Gasteiger partial charge is 0.295 e. The molecule has 3 aromatic carbocycles. The van der Waals surface area contributed by atoms with E-state index in [1.807, 2.05) is 37.3 Å². The van der Waals surface area contributed by atoms with Gasteiger partial charge in [-0.1, -0.05) is 36.4 Å². The summed E-state index contributed by atoms with van der Waals surface area (Å²) in [6.45, 7) is 6.32. The summed E-state index contributed by atoms with van der Waals surface area (Å²) in [4.78, 5) is 30.6. The Kier molecular flexibility index (Phi) is 9.09. The molecular formula is C33H36N2O7. The molecule has 1 atom stereocenters. The first-order chi connectivity index (χ1) is 20.4. The van der Waals surface area contributed by atoms with Gasteiger partial charge in [-0.05, 0) is 60.4 Å². The Morgan fingerprint density at radius 2 is 1.74 bits per heavy atom. The van der Waals surface area contributed by atoms with Crippen molar-refractivity contribution < 1.29 is 34.0 Å². The molecule has 9 heteroatoms. The van der Waals surface area contributed by atoms with Gasteiger partial charge >= 0.3 is 0 Å². The van der Waals surface area contributed by atoms with Gasteiger partial charge in [-0.15, -0.1) is 0 Å². The standard InChI is InChI=1S/C33H36N2O7/c1-22-19-25(10-12-27(22)42-21-23-7-4-3-5-8-23)31(37)29-30(24-9-11-26(36)28(20-24)40-2)35(33(39)32(29)38)14-6-13-34-15-17-41-18-16-34/h3-5,7-12,19-20,30,36-37H,6,13-18,21H2,1-2H3/t30-/m1/s1. The highest BCUT2D eigenvalue weighted by atomic mass is 16.5. The van der Waals surface area contributed by atoms with Crippen LogP contribution < -0.4 is 9.47 Å². The number of methoxy groups -OCH3 is 1. The van der Waals surface area contributed by atoms with E-state index in [9.17, 15) is 19.8 Å². The average Bonchev–Trinajstić information content (AvgIpc) is 3.26. The molecule has 42 heavy (non-hydrogen) atoms. The van der Waals surface area contributed by atoms with Crippen molar-refractivity contribution in [1.82, 2.24) is 9.80 Å². The number of hydrogen-bond donors (Lipinski definition) is 2. The lowest BCUT2D eigenvalue weighted by atomic mass is 9.94. The number of phenols is 1. The predicted octanol–water partition coefficient (Wildman–Crippen LogP) is 4.43. The SMILES string of the molecule is COc1cc([C@@H]2C(=C(O)c3ccc(OCc4ccccc4)c(C)c3)C(=O)C(=O)N2CCCN2CCOCC2)ccc1O. The molecule has 220 valence electrons. The minimum absolute atomic E-state index is 0.00327. The van der Waals surface area contributed by atoms with Crippen LogP contribution in [0.5, 0.6) is 17.2 Å². The van der Waals surface area contributed by atoms with E-state index >= 15 is 0 Å². The molecule has 0 bridgehead atoms. The summed E-state index contributed by atoms with van der Waals surface area (Å²) in [5, 5.41) is 21.7. The maximum Gasteiger partial charge on any atom is 0.295 e. The molecule has 9 nitrogen and oxygen atoms in total. The number of aliphatic hydroxyl groups is 1. The fraction of sp³-hybridized carbons (Fsp3) is 0.333. The van der Waals surface area contributed by atoms with Gasteiger partial charge in [-0.25, -0.2) is 0 Å². The van der Waals surface area contributed by atoms with Crippen LogP contribution in [0, 0.1) is 6.92 Å². The summed E-state index contributed by atoms with van der Waals surface area (Å²) in [5.74, 6) is -0.889. The maximum atomic E-state index is 13.5. The van der Waals surface area contributed by atoms with E-state index in [2.05, 4.69) is 4.90 Å². The highest BCUT2D eigenvalue weighted by Crippen LogP contribution is 2.42. The van der Waals surface area contributed by atoms with Gasteiger partial charge in [0.2, 0.25) is 0 Å². The van der Waals surface area contributed by atoms with Crippen LogP contribution in [-0.4, -0.2) is 78.2 Å². The second kappa shape index (κ2) is 13.1. The molecule has 0 saturated carbocycles. The van der Waals surface area contributed by atoms with Gasteiger partial charge in [0, 0.05) is 31.7 Å². The molecule has 5 rings (SSSR count). The summed E-state index contributed by atoms with van der Waals surface area (Å²) in [6.07, 6.45) is 0.644. The topological polar surface area (TPSA) is 109 Å². The zero-order valence-electron chi connectivity index (χ0n) is 23.9. The van der Waals surface area contributed by atoms with Crippen LogP contribution in [-0.2, 0) is 20.9 Å². The second-order valence-electron chi connectivity index (χ2n) is 10.5. The lowest BCUT2D eigenvalue weighted by Gasteiger charge is -2.29. The van der Waals surface area contributed by atoms with Crippen LogP contribution in [0.3, 0.4) is 0 Å². The molecular weight excluding hydrogens is 536 g/mol. The Morgan fingerprint density at radius 3 is 2.45 bits per heavy atom. The van der Waals surface area contributed by atoms with Crippen molar-refractivity contribution in [3.8, 4) is 17.2 Å². The van der Waals surface area contributed by atoms with E-state index in [-0.39, 0.29) is 22.8 Å². The van der Waals surface area contributed by atoms with Crippen molar-refractivity contribution in [2.24, 2.45) is 0 Å². The minimum atomic E-state index is -0.849. The van der Waals surface area contributed by atoms with E-state index in [0.717, 1.165) is 30.8 Å². The van der Waals surface area contributed by atoms with E-state index in [1.165, 1.54) is 18.1 Å². The number of ketones is 1. The number of Topliss-reactive ketones (excluding diaryl/α,β-unsaturated/α-hetero) is 1. The summed E-state index contributed by atoms with van der Waals surface area (Å²) in [7, 11) is 1.43. The number of aryl methyl sites for hydroxylation is 1. The van der Waals surface area contributed by atoms with E-state index in [4.69, 9.17) is 14.2 Å². The van der Waals surface area contributed by atoms with Crippen molar-refractivity contribution in [3.05, 3.63) is 94.6 Å². The van der Waals surface area contributed by atoms with Gasteiger partial charge in [-0.2, -0.15) is 0 Å². The van der Waals surface area contributed by atoms with Crippen molar-refractivity contribution in [2.45, 2.75) is 26.0 Å². The Balaban J connectivity index is 1.45. The third kappa shape index (κ3) is 6.27. The number of hydrogen-bond acceptors (Lipinski definition) is 8. The first kappa shape index (κ1) is 29.2. The number of ether oxygens (including phenoxy) is 3. The monoisotopic (exact) mass is 572 g/mol. The summed E-state index contributed by atoms with van der Waals surface area (Å²) in [6, 6.07) is 18.8. The van der Waals surface area contributed by atoms with Crippen molar-refractivity contribution in [3.63, 3.8) is 0 Å². The molecule has 2 heterocycles. The molecule has 2 aliphatic rings. The van der Waals surface area contributed by atoms with Gasteiger partial charge in [0.1, 0.15) is 18.1 Å². The summed E-state index contributed by atoms with van der Waals surface area (Å²) >= 11 is 0. The lowest BCUT2D eigenvalue weighted by molar-refractivity contribution is -0.140. The highest BCUT2D eigenvalue weighted by Gasteiger charge is 2.46. The number of benzene rings is 3. The number of aliphatic hydroxyl groups excluding tert-OH is 1. The number of carbonyl (C=O) groups is 2. The van der Waals surface area contributed by atoms with Crippen LogP contribution in [0.25, 0.3) is 5.76 Å². The Morgan fingerprint density at radius 1 is 0.976 bits per heavy atom. The van der Waals surface area contributed by atoms with Crippen LogP contribution in [0.1, 0.15) is 34.7 Å². The first-order valence-corrected chi connectivity index (χ1v) is 14.1. The number of carbonyl (C=O) groups excluding carboxylic acids is 2. The van der Waals surface area contributed by atoms with Crippen molar-refractivity contribution in [2.75, 3.05) is 46.5 Å². The van der Waals surface area contributed by atoms with Crippen molar-refractivity contribution >= 4 is 17.4 Å². The number of nitrogens with zero attached hydrogens (tertiary/aromatic N) is 2. The Labute approximate surface area is 245 Å². The highest BCUT2D eigenvalue weighted by molar-refractivity contribution is 6.46. The molecule has 2 aliphatic heterocycles. The number of morpholine rings is 1. The molecule has 3 aromatic rings. The molecule has 2 saturated heterocycles. The largest absolute Gasteiger partial charge is 0.507 e. The molecule has 0 aromatic heterocycles. The summed E-state index contributed by atoms with van der Waals surface area (Å²) in [5.41, 5.74) is 2.76. The maximum absolute atomic E-state index is 13.5. The van der Waals surface area contributed by atoms with Gasteiger partial charge in [0.25, 0.3) is 11.7 Å². The Bertz CT molecular complexity index is 1460. The van der Waals surface area contributed by atoms with Crippen LogP contribution in [0.15, 0.2) is 72.3 Å². The van der Waals surface area contributed by atoms with Gasteiger partial charge in [0.15, 0.2) is 11.5 Å². The lowest BCUT2D eigenvalue weighted by Crippen LogP contribution is -2.38. The Hall–Kier alpha value is -4.34. The molecule has 0 radical (unpaired) electrons. The fourth-order valence-corrected chi connectivity index (χ4v) is 5.46. The molecule has 0 unspecified atom stereocenters. The van der Waals surface area contributed by atoms with Gasteiger partial charge < -0.3 is 29.3 Å². The van der Waals surface area contributed by atoms with Crippen LogP contribution >= 0.6 is 0 Å². The average molecular weight is 573 g/mol. The van der Waals surface area contributed by atoms with Gasteiger partial charge in [-0.3, -0.25) is 14.5 Å². The normalized spacial score (nSPS) is 18.8. The molecule has 0 aliphatic carbocycles. The van der Waals surface area contributed by atoms with E-state index in [1.54, 1.807) is 30.3 Å². The third-order valence-electron chi connectivity index (χ3n) is 7.72. The second-order valence-corrected chi connectivity index (χ2v) is 10.5. The molecule has 1 amide bonds. The number of likely N-dealkylation sites (tertiary alicyclic amines) is 1. The fourth-order valence-electron chi connectivity index (χ4n) is 5.46. The number of aromatic hydroxyl groups is 1.